The molecule has 0 aliphatic carbocycles. The van der Waals surface area contributed by atoms with Gasteiger partial charge in [0.15, 0.2) is 11.5 Å². The minimum atomic E-state index is -0.474. The zero-order valence-corrected chi connectivity index (χ0v) is 11.7. The highest BCUT2D eigenvalue weighted by atomic mass is 16.5. The van der Waals surface area contributed by atoms with Crippen LogP contribution in [0.3, 0.4) is 0 Å². The third kappa shape index (κ3) is 5.04. The van der Waals surface area contributed by atoms with Crippen molar-refractivity contribution in [2.75, 3.05) is 6.61 Å². The van der Waals surface area contributed by atoms with Gasteiger partial charge in [-0.3, -0.25) is 4.79 Å². The van der Waals surface area contributed by atoms with Crippen LogP contribution in [-0.2, 0) is 4.79 Å². The number of hydrogen-bond acceptors (Lipinski definition) is 3. The summed E-state index contributed by atoms with van der Waals surface area (Å²) in [6.07, 6.45) is 4.03. The molecule has 2 N–H and O–H groups in total. The number of primary amides is 1. The molecule has 1 rings (SSSR count). The molecule has 1 aromatic carbocycles. The Labute approximate surface area is 114 Å². The summed E-state index contributed by atoms with van der Waals surface area (Å²) >= 11 is 0. The van der Waals surface area contributed by atoms with Crippen LogP contribution in [0.2, 0.25) is 0 Å². The summed E-state index contributed by atoms with van der Waals surface area (Å²) in [7, 11) is 0. The first kappa shape index (κ1) is 15.1. The summed E-state index contributed by atoms with van der Waals surface area (Å²) in [5.74, 6) is 0.916. The van der Waals surface area contributed by atoms with Gasteiger partial charge in [0.2, 0.25) is 5.91 Å². The Balaban J connectivity index is 2.96. The molecule has 0 heterocycles. The van der Waals surface area contributed by atoms with Crippen LogP contribution in [0.25, 0.3) is 6.08 Å². The second-order valence-electron chi connectivity index (χ2n) is 4.21. The lowest BCUT2D eigenvalue weighted by Gasteiger charge is -2.16. The van der Waals surface area contributed by atoms with Crippen molar-refractivity contribution in [1.82, 2.24) is 0 Å². The Bertz CT molecular complexity index is 455. The molecule has 0 saturated carbocycles. The predicted octanol–water partition coefficient (Wildman–Crippen LogP) is 2.76. The van der Waals surface area contributed by atoms with E-state index in [9.17, 15) is 4.79 Å². The average Bonchev–Trinajstić information content (AvgIpc) is 2.39. The number of benzene rings is 1. The van der Waals surface area contributed by atoms with Crippen LogP contribution in [-0.4, -0.2) is 18.6 Å². The molecule has 0 saturated heterocycles. The van der Waals surface area contributed by atoms with E-state index in [4.69, 9.17) is 15.2 Å². The smallest absolute Gasteiger partial charge is 0.241 e. The minimum Gasteiger partial charge on any atom is -0.490 e. The highest BCUT2D eigenvalue weighted by Crippen LogP contribution is 2.30. The molecule has 0 aliphatic heterocycles. The standard InChI is InChI=1S/C15H21NO3/c1-4-11(3)19-13-8-6-12(7-9-15(16)17)10-14(13)18-5-2/h6-11H,4-5H2,1-3H3,(H2,16,17)/b9-7+/t11-/m0/s1. The van der Waals surface area contributed by atoms with Crippen LogP contribution >= 0.6 is 0 Å². The molecule has 0 radical (unpaired) electrons. The summed E-state index contributed by atoms with van der Waals surface area (Å²) in [6, 6.07) is 5.54. The second-order valence-corrected chi connectivity index (χ2v) is 4.21. The molecule has 1 amide bonds. The molecule has 0 spiro atoms. The minimum absolute atomic E-state index is 0.131. The SMILES string of the molecule is CCOc1cc(/C=C/C(N)=O)ccc1O[C@@H](C)CC. The largest absolute Gasteiger partial charge is 0.490 e. The molecule has 4 heteroatoms. The quantitative estimate of drug-likeness (QED) is 0.769. The van der Waals surface area contributed by atoms with Gasteiger partial charge < -0.3 is 15.2 Å². The van der Waals surface area contributed by atoms with Gasteiger partial charge in [0.05, 0.1) is 12.7 Å². The summed E-state index contributed by atoms with van der Waals surface area (Å²) in [5, 5.41) is 0. The van der Waals surface area contributed by atoms with Crippen LogP contribution in [0.5, 0.6) is 11.5 Å². The van der Waals surface area contributed by atoms with Crippen molar-refractivity contribution in [1.29, 1.82) is 0 Å². The lowest BCUT2D eigenvalue weighted by atomic mass is 10.2. The van der Waals surface area contributed by atoms with Crippen molar-refractivity contribution in [3.8, 4) is 11.5 Å². The van der Waals surface area contributed by atoms with Crippen molar-refractivity contribution >= 4 is 12.0 Å². The van der Waals surface area contributed by atoms with E-state index in [0.717, 1.165) is 12.0 Å². The third-order valence-electron chi connectivity index (χ3n) is 2.61. The van der Waals surface area contributed by atoms with Gasteiger partial charge in [-0.15, -0.1) is 0 Å². The first-order valence-electron chi connectivity index (χ1n) is 6.47. The molecule has 4 nitrogen and oxygen atoms in total. The Morgan fingerprint density at radius 2 is 2.11 bits per heavy atom. The lowest BCUT2D eigenvalue weighted by Crippen LogP contribution is -2.11. The molecule has 1 aromatic rings. The number of rotatable bonds is 7. The van der Waals surface area contributed by atoms with Gasteiger partial charge in [-0.05, 0) is 44.0 Å². The Hall–Kier alpha value is -1.97. The van der Waals surface area contributed by atoms with E-state index in [1.54, 1.807) is 6.08 Å². The molecular weight excluding hydrogens is 242 g/mol. The molecule has 19 heavy (non-hydrogen) atoms. The van der Waals surface area contributed by atoms with Crippen LogP contribution < -0.4 is 15.2 Å². The first-order chi connectivity index (χ1) is 9.06. The molecule has 0 fully saturated rings. The Kier molecular flexibility index (Phi) is 5.93. The molecule has 0 aromatic heterocycles. The van der Waals surface area contributed by atoms with Crippen LogP contribution in [0.1, 0.15) is 32.8 Å². The fraction of sp³-hybridized carbons (Fsp3) is 0.400. The van der Waals surface area contributed by atoms with E-state index < -0.39 is 5.91 Å². The molecular formula is C15H21NO3. The third-order valence-corrected chi connectivity index (χ3v) is 2.61. The van der Waals surface area contributed by atoms with E-state index >= 15 is 0 Å². The number of ether oxygens (including phenoxy) is 2. The van der Waals surface area contributed by atoms with Crippen molar-refractivity contribution in [2.45, 2.75) is 33.3 Å². The Morgan fingerprint density at radius 3 is 2.68 bits per heavy atom. The fourth-order valence-electron chi connectivity index (χ4n) is 1.47. The van der Waals surface area contributed by atoms with Gasteiger partial charge >= 0.3 is 0 Å². The summed E-state index contributed by atoms with van der Waals surface area (Å²) in [4.78, 5) is 10.7. The van der Waals surface area contributed by atoms with Gasteiger partial charge in [0, 0.05) is 6.08 Å². The van der Waals surface area contributed by atoms with Crippen molar-refractivity contribution in [3.63, 3.8) is 0 Å². The fourth-order valence-corrected chi connectivity index (χ4v) is 1.47. The van der Waals surface area contributed by atoms with E-state index in [-0.39, 0.29) is 6.10 Å². The normalized spacial score (nSPS) is 12.4. The van der Waals surface area contributed by atoms with Crippen molar-refractivity contribution < 1.29 is 14.3 Å². The average molecular weight is 263 g/mol. The van der Waals surface area contributed by atoms with E-state index in [1.807, 2.05) is 32.0 Å². The number of nitrogens with two attached hydrogens (primary N) is 1. The highest BCUT2D eigenvalue weighted by Gasteiger charge is 2.08. The van der Waals surface area contributed by atoms with Gasteiger partial charge in [-0.25, -0.2) is 0 Å². The summed E-state index contributed by atoms with van der Waals surface area (Å²) < 4.78 is 11.3. The molecule has 0 unspecified atom stereocenters. The van der Waals surface area contributed by atoms with Gasteiger partial charge in [0.1, 0.15) is 0 Å². The molecule has 0 bridgehead atoms. The topological polar surface area (TPSA) is 61.5 Å². The molecule has 1 atom stereocenters. The molecule has 104 valence electrons. The maximum atomic E-state index is 10.7. The van der Waals surface area contributed by atoms with E-state index in [0.29, 0.717) is 18.1 Å². The number of hydrogen-bond donors (Lipinski definition) is 1. The maximum absolute atomic E-state index is 10.7. The van der Waals surface area contributed by atoms with Crippen molar-refractivity contribution in [3.05, 3.63) is 29.8 Å². The van der Waals surface area contributed by atoms with E-state index in [2.05, 4.69) is 6.92 Å². The molecule has 0 aliphatic rings. The number of carbonyl (C=O) groups is 1. The summed E-state index contributed by atoms with van der Waals surface area (Å²) in [6.45, 7) is 6.55. The predicted molar refractivity (Wildman–Crippen MR) is 76.2 cm³/mol. The number of carbonyl (C=O) groups excluding carboxylic acids is 1. The highest BCUT2D eigenvalue weighted by molar-refractivity contribution is 5.90. The number of amides is 1. The summed E-state index contributed by atoms with van der Waals surface area (Å²) in [5.41, 5.74) is 5.92. The zero-order valence-electron chi connectivity index (χ0n) is 11.7. The van der Waals surface area contributed by atoms with Gasteiger partial charge in [-0.1, -0.05) is 13.0 Å². The van der Waals surface area contributed by atoms with E-state index in [1.165, 1.54) is 6.08 Å². The van der Waals surface area contributed by atoms with Gasteiger partial charge in [-0.2, -0.15) is 0 Å². The van der Waals surface area contributed by atoms with Crippen LogP contribution in [0, 0.1) is 0 Å². The van der Waals surface area contributed by atoms with Gasteiger partial charge in [0.25, 0.3) is 0 Å². The second kappa shape index (κ2) is 7.46. The first-order valence-corrected chi connectivity index (χ1v) is 6.47. The lowest BCUT2D eigenvalue weighted by molar-refractivity contribution is -0.113. The Morgan fingerprint density at radius 1 is 1.37 bits per heavy atom. The maximum Gasteiger partial charge on any atom is 0.241 e. The van der Waals surface area contributed by atoms with Crippen LogP contribution in [0.4, 0.5) is 0 Å². The van der Waals surface area contributed by atoms with Crippen molar-refractivity contribution in [2.24, 2.45) is 5.73 Å². The van der Waals surface area contributed by atoms with Crippen LogP contribution in [0.15, 0.2) is 24.3 Å². The zero-order chi connectivity index (χ0) is 14.3. The monoisotopic (exact) mass is 263 g/mol.